The highest BCUT2D eigenvalue weighted by Gasteiger charge is 2.04. The van der Waals surface area contributed by atoms with Crippen molar-refractivity contribution in [3.63, 3.8) is 0 Å². The lowest BCUT2D eigenvalue weighted by molar-refractivity contribution is 0.398. The summed E-state index contributed by atoms with van der Waals surface area (Å²) in [5.41, 5.74) is -0.313. The van der Waals surface area contributed by atoms with E-state index in [2.05, 4.69) is 4.98 Å². The molecule has 6 heteroatoms. The van der Waals surface area contributed by atoms with E-state index >= 15 is 0 Å². The van der Waals surface area contributed by atoms with Crippen molar-refractivity contribution in [1.82, 2.24) is 9.55 Å². The van der Waals surface area contributed by atoms with Crippen molar-refractivity contribution in [1.29, 1.82) is 5.26 Å². The van der Waals surface area contributed by atoms with Gasteiger partial charge in [-0.3, -0.25) is 9.36 Å². The maximum atomic E-state index is 11.6. The molecule has 0 aliphatic carbocycles. The first-order chi connectivity index (χ1) is 6.70. The molecule has 0 unspecified atom stereocenters. The van der Waals surface area contributed by atoms with Gasteiger partial charge < -0.3 is 9.72 Å². The minimum Gasteiger partial charge on any atom is -0.490 e. The smallest absolute Gasteiger partial charge is 0.296 e. The number of nitriles is 1. The van der Waals surface area contributed by atoms with Gasteiger partial charge in [0.05, 0.1) is 25.8 Å². The highest BCUT2D eigenvalue weighted by Crippen LogP contribution is 1.99. The van der Waals surface area contributed by atoms with Crippen LogP contribution in [0.3, 0.4) is 0 Å². The molecule has 0 spiro atoms. The molecule has 1 N–H and O–H groups in total. The summed E-state index contributed by atoms with van der Waals surface area (Å²) in [6, 6.07) is 1.95. The highest BCUT2D eigenvalue weighted by molar-refractivity contribution is 7.71. The SMILES string of the molecule is COc1c[nH]c(=S)n(CCC#N)c1=O. The summed E-state index contributed by atoms with van der Waals surface area (Å²) in [6.45, 7) is 0.280. The van der Waals surface area contributed by atoms with Gasteiger partial charge in [0.2, 0.25) is 5.75 Å². The van der Waals surface area contributed by atoms with E-state index < -0.39 is 0 Å². The summed E-state index contributed by atoms with van der Waals surface area (Å²) in [5.74, 6) is 0.191. The van der Waals surface area contributed by atoms with Crippen LogP contribution < -0.4 is 10.3 Å². The molecule has 0 bridgehead atoms. The lowest BCUT2D eigenvalue weighted by atomic mass is 10.4. The average Bonchev–Trinajstić information content (AvgIpc) is 2.18. The van der Waals surface area contributed by atoms with E-state index in [0.717, 1.165) is 0 Å². The lowest BCUT2D eigenvalue weighted by Gasteiger charge is -2.04. The summed E-state index contributed by atoms with van der Waals surface area (Å²) in [5, 5.41) is 8.40. The summed E-state index contributed by atoms with van der Waals surface area (Å²) in [6.07, 6.45) is 1.65. The molecular weight excluding hydrogens is 202 g/mol. The molecular formula is C8H9N3O2S. The molecule has 5 nitrogen and oxygen atoms in total. The minimum absolute atomic E-state index is 0.191. The van der Waals surface area contributed by atoms with Crippen molar-refractivity contribution in [3.8, 4) is 11.8 Å². The van der Waals surface area contributed by atoms with Gasteiger partial charge in [0, 0.05) is 6.54 Å². The molecule has 0 aliphatic rings. The van der Waals surface area contributed by atoms with Crippen LogP contribution in [0.15, 0.2) is 11.0 Å². The number of H-pyrrole nitrogens is 1. The Bertz CT molecular complexity index is 469. The summed E-state index contributed by atoms with van der Waals surface area (Å²) in [4.78, 5) is 14.3. The maximum absolute atomic E-state index is 11.6. The molecule has 0 saturated carbocycles. The summed E-state index contributed by atoms with van der Waals surface area (Å²) < 4.78 is 6.43. The highest BCUT2D eigenvalue weighted by atomic mass is 32.1. The van der Waals surface area contributed by atoms with Crippen LogP contribution >= 0.6 is 12.2 Å². The Kier molecular flexibility index (Phi) is 3.42. The number of hydrogen-bond acceptors (Lipinski definition) is 4. The van der Waals surface area contributed by atoms with Crippen LogP contribution in [-0.2, 0) is 6.54 Å². The number of methoxy groups -OCH3 is 1. The third-order valence-electron chi connectivity index (χ3n) is 1.69. The fraction of sp³-hybridized carbons (Fsp3) is 0.375. The second-order valence-corrected chi connectivity index (χ2v) is 2.91. The Balaban J connectivity index is 3.21. The molecule has 0 aromatic carbocycles. The van der Waals surface area contributed by atoms with E-state index in [4.69, 9.17) is 22.2 Å². The third kappa shape index (κ3) is 2.00. The van der Waals surface area contributed by atoms with E-state index in [-0.39, 0.29) is 24.3 Å². The number of hydrogen-bond donors (Lipinski definition) is 1. The summed E-state index contributed by atoms with van der Waals surface area (Å²) in [7, 11) is 1.41. The first-order valence-corrected chi connectivity index (χ1v) is 4.35. The van der Waals surface area contributed by atoms with Gasteiger partial charge in [-0.1, -0.05) is 0 Å². The van der Waals surface area contributed by atoms with Gasteiger partial charge in [-0.25, -0.2) is 0 Å². The van der Waals surface area contributed by atoms with Gasteiger partial charge in [0.15, 0.2) is 4.77 Å². The van der Waals surface area contributed by atoms with E-state index in [1.54, 1.807) is 0 Å². The first kappa shape index (κ1) is 10.5. The van der Waals surface area contributed by atoms with E-state index in [1.165, 1.54) is 17.9 Å². The van der Waals surface area contributed by atoms with Crippen LogP contribution in [-0.4, -0.2) is 16.7 Å². The Hall–Kier alpha value is -1.61. The number of nitrogens with zero attached hydrogens (tertiary/aromatic N) is 2. The number of aromatic amines is 1. The van der Waals surface area contributed by atoms with E-state index in [9.17, 15) is 4.79 Å². The second kappa shape index (κ2) is 4.58. The molecule has 0 atom stereocenters. The fourth-order valence-electron chi connectivity index (χ4n) is 1.00. The number of rotatable bonds is 3. The molecule has 0 radical (unpaired) electrons. The largest absolute Gasteiger partial charge is 0.490 e. The molecule has 0 amide bonds. The topological polar surface area (TPSA) is 70.8 Å². The number of aromatic nitrogens is 2. The Morgan fingerprint density at radius 2 is 2.50 bits per heavy atom. The monoisotopic (exact) mass is 211 g/mol. The molecule has 1 aromatic heterocycles. The van der Waals surface area contributed by atoms with Crippen molar-refractivity contribution in [3.05, 3.63) is 21.3 Å². The van der Waals surface area contributed by atoms with Gasteiger partial charge in [-0.2, -0.15) is 5.26 Å². The van der Waals surface area contributed by atoms with E-state index in [1.807, 2.05) is 6.07 Å². The van der Waals surface area contributed by atoms with Crippen LogP contribution in [0.2, 0.25) is 0 Å². The van der Waals surface area contributed by atoms with Gasteiger partial charge in [0.1, 0.15) is 0 Å². The van der Waals surface area contributed by atoms with Crippen molar-refractivity contribution >= 4 is 12.2 Å². The number of nitrogens with one attached hydrogen (secondary N) is 1. The third-order valence-corrected chi connectivity index (χ3v) is 2.03. The van der Waals surface area contributed by atoms with Crippen LogP contribution in [0.5, 0.6) is 5.75 Å². The predicted molar refractivity (Wildman–Crippen MR) is 52.7 cm³/mol. The molecule has 1 aromatic rings. The zero-order valence-electron chi connectivity index (χ0n) is 7.61. The Labute approximate surface area is 85.6 Å². The second-order valence-electron chi connectivity index (χ2n) is 2.53. The van der Waals surface area contributed by atoms with Crippen molar-refractivity contribution in [2.24, 2.45) is 0 Å². The van der Waals surface area contributed by atoms with Crippen LogP contribution in [0.4, 0.5) is 0 Å². The van der Waals surface area contributed by atoms with Crippen molar-refractivity contribution in [2.45, 2.75) is 13.0 Å². The fourth-order valence-corrected chi connectivity index (χ4v) is 1.24. The van der Waals surface area contributed by atoms with Gasteiger partial charge in [-0.15, -0.1) is 0 Å². The number of ether oxygens (including phenoxy) is 1. The van der Waals surface area contributed by atoms with E-state index in [0.29, 0.717) is 4.77 Å². The molecule has 1 heterocycles. The zero-order chi connectivity index (χ0) is 10.6. The molecule has 0 fully saturated rings. The molecule has 1 rings (SSSR count). The first-order valence-electron chi connectivity index (χ1n) is 3.94. The van der Waals surface area contributed by atoms with Gasteiger partial charge in [0.25, 0.3) is 5.56 Å². The molecule has 14 heavy (non-hydrogen) atoms. The molecule has 0 saturated heterocycles. The Morgan fingerprint density at radius 1 is 1.79 bits per heavy atom. The molecule has 74 valence electrons. The summed E-state index contributed by atoms with van der Waals surface area (Å²) >= 11 is 4.90. The standard InChI is InChI=1S/C8H9N3O2S/c1-13-6-5-10-8(14)11(7(6)12)4-2-3-9/h5H,2,4H2,1H3,(H,10,14). The maximum Gasteiger partial charge on any atom is 0.296 e. The molecule has 0 aliphatic heterocycles. The van der Waals surface area contributed by atoms with Gasteiger partial charge in [-0.05, 0) is 12.2 Å². The average molecular weight is 211 g/mol. The Morgan fingerprint density at radius 3 is 3.07 bits per heavy atom. The van der Waals surface area contributed by atoms with Crippen molar-refractivity contribution < 1.29 is 4.74 Å². The minimum atomic E-state index is -0.313. The van der Waals surface area contributed by atoms with Crippen LogP contribution in [0.1, 0.15) is 6.42 Å². The lowest BCUT2D eigenvalue weighted by Crippen LogP contribution is -2.22. The normalized spacial score (nSPS) is 9.43. The van der Waals surface area contributed by atoms with Crippen LogP contribution in [0.25, 0.3) is 0 Å². The van der Waals surface area contributed by atoms with Crippen molar-refractivity contribution in [2.75, 3.05) is 7.11 Å². The quantitative estimate of drug-likeness (QED) is 0.752. The predicted octanol–water partition coefficient (Wildman–Crippen LogP) is 0.828. The zero-order valence-corrected chi connectivity index (χ0v) is 8.43. The van der Waals surface area contributed by atoms with Crippen LogP contribution in [0, 0.1) is 16.1 Å². The van der Waals surface area contributed by atoms with Gasteiger partial charge >= 0.3 is 0 Å².